The zero-order valence-electron chi connectivity index (χ0n) is 12.2. The monoisotopic (exact) mass is 273 g/mol. The number of ether oxygens (including phenoxy) is 2. The van der Waals surface area contributed by atoms with E-state index in [4.69, 9.17) is 14.7 Å². The van der Waals surface area contributed by atoms with Crippen LogP contribution >= 0.6 is 0 Å². The van der Waals surface area contributed by atoms with Crippen LogP contribution in [-0.2, 0) is 11.2 Å². The first-order chi connectivity index (χ1) is 9.79. The van der Waals surface area contributed by atoms with Crippen molar-refractivity contribution in [3.05, 3.63) is 29.8 Å². The number of nitriles is 1. The lowest BCUT2D eigenvalue weighted by Crippen LogP contribution is -2.27. The van der Waals surface area contributed by atoms with Gasteiger partial charge in [0.2, 0.25) is 0 Å². The number of nitrogens with zero attached hydrogens (tertiary/aromatic N) is 1. The first-order valence-electron chi connectivity index (χ1n) is 7.50. The lowest BCUT2D eigenvalue weighted by atomic mass is 9.88. The summed E-state index contributed by atoms with van der Waals surface area (Å²) in [5.41, 5.74) is 1.02. The molecule has 0 aliphatic heterocycles. The van der Waals surface area contributed by atoms with Crippen LogP contribution in [0, 0.1) is 17.2 Å². The fourth-order valence-electron chi connectivity index (χ4n) is 2.68. The molecule has 2 unspecified atom stereocenters. The molecule has 0 heterocycles. The van der Waals surface area contributed by atoms with Gasteiger partial charge in [0.15, 0.2) is 0 Å². The molecule has 0 N–H and O–H groups in total. The van der Waals surface area contributed by atoms with Gasteiger partial charge in [-0.2, -0.15) is 5.26 Å². The van der Waals surface area contributed by atoms with Gasteiger partial charge in [-0.3, -0.25) is 0 Å². The van der Waals surface area contributed by atoms with E-state index >= 15 is 0 Å². The van der Waals surface area contributed by atoms with Crippen LogP contribution < -0.4 is 4.74 Å². The molecule has 0 spiro atoms. The number of rotatable bonds is 6. The van der Waals surface area contributed by atoms with E-state index in [9.17, 15) is 0 Å². The first kappa shape index (κ1) is 14.9. The Kier molecular flexibility index (Phi) is 5.88. The molecule has 1 saturated carbocycles. The second-order valence-electron chi connectivity index (χ2n) is 5.50. The summed E-state index contributed by atoms with van der Waals surface area (Å²) in [7, 11) is 0. The van der Waals surface area contributed by atoms with Crippen molar-refractivity contribution in [1.29, 1.82) is 5.26 Å². The van der Waals surface area contributed by atoms with Crippen molar-refractivity contribution in [3.8, 4) is 11.8 Å². The number of benzene rings is 1. The van der Waals surface area contributed by atoms with Crippen LogP contribution in [0.5, 0.6) is 5.75 Å². The highest BCUT2D eigenvalue weighted by atomic mass is 16.5. The van der Waals surface area contributed by atoms with Gasteiger partial charge in [-0.15, -0.1) is 0 Å². The van der Waals surface area contributed by atoms with Crippen LogP contribution in [0.25, 0.3) is 0 Å². The molecule has 0 amide bonds. The molecule has 3 heteroatoms. The SMILES string of the molecule is CC1CCCCC1OCCOc1ccc(CC#N)cc1. The Bertz CT molecular complexity index is 435. The van der Waals surface area contributed by atoms with Gasteiger partial charge < -0.3 is 9.47 Å². The van der Waals surface area contributed by atoms with Crippen LogP contribution in [0.1, 0.15) is 38.2 Å². The maximum Gasteiger partial charge on any atom is 0.119 e. The third-order valence-electron chi connectivity index (χ3n) is 3.92. The van der Waals surface area contributed by atoms with Crippen molar-refractivity contribution < 1.29 is 9.47 Å². The Morgan fingerprint density at radius 3 is 2.60 bits per heavy atom. The van der Waals surface area contributed by atoms with E-state index in [0.717, 1.165) is 11.3 Å². The van der Waals surface area contributed by atoms with Crippen LogP contribution in [-0.4, -0.2) is 19.3 Å². The van der Waals surface area contributed by atoms with Gasteiger partial charge in [-0.25, -0.2) is 0 Å². The highest BCUT2D eigenvalue weighted by Gasteiger charge is 2.21. The van der Waals surface area contributed by atoms with Gasteiger partial charge in [-0.05, 0) is 36.5 Å². The Morgan fingerprint density at radius 1 is 1.15 bits per heavy atom. The second-order valence-corrected chi connectivity index (χ2v) is 5.50. The van der Waals surface area contributed by atoms with E-state index in [0.29, 0.717) is 31.7 Å². The molecule has 20 heavy (non-hydrogen) atoms. The predicted octanol–water partition coefficient (Wildman–Crippen LogP) is 3.73. The van der Waals surface area contributed by atoms with E-state index in [1.54, 1.807) is 0 Å². The van der Waals surface area contributed by atoms with Crippen molar-refractivity contribution in [2.45, 2.75) is 45.1 Å². The summed E-state index contributed by atoms with van der Waals surface area (Å²) in [6, 6.07) is 9.83. The molecular formula is C17H23NO2. The average molecular weight is 273 g/mol. The number of hydrogen-bond acceptors (Lipinski definition) is 3. The summed E-state index contributed by atoms with van der Waals surface area (Å²) in [6.45, 7) is 3.51. The van der Waals surface area contributed by atoms with Crippen LogP contribution in [0.2, 0.25) is 0 Å². The Hall–Kier alpha value is -1.53. The molecule has 1 aliphatic rings. The van der Waals surface area contributed by atoms with Crippen molar-refractivity contribution in [2.75, 3.05) is 13.2 Å². The van der Waals surface area contributed by atoms with Gasteiger partial charge in [0.1, 0.15) is 12.4 Å². The molecule has 0 aromatic heterocycles. The van der Waals surface area contributed by atoms with Gasteiger partial charge in [0.25, 0.3) is 0 Å². The molecule has 0 bridgehead atoms. The summed E-state index contributed by atoms with van der Waals surface area (Å²) in [4.78, 5) is 0. The minimum atomic E-state index is 0.408. The Morgan fingerprint density at radius 2 is 1.90 bits per heavy atom. The molecule has 1 aromatic rings. The Labute approximate surface area is 121 Å². The molecule has 1 aliphatic carbocycles. The van der Waals surface area contributed by atoms with Crippen LogP contribution in [0.3, 0.4) is 0 Å². The van der Waals surface area contributed by atoms with Crippen molar-refractivity contribution >= 4 is 0 Å². The van der Waals surface area contributed by atoms with Crippen molar-refractivity contribution in [3.63, 3.8) is 0 Å². The summed E-state index contributed by atoms with van der Waals surface area (Å²) < 4.78 is 11.6. The molecule has 1 aromatic carbocycles. The summed E-state index contributed by atoms with van der Waals surface area (Å²) in [5.74, 6) is 1.51. The standard InChI is InChI=1S/C17H23NO2/c1-14-4-2-3-5-17(14)20-13-12-19-16-8-6-15(7-9-16)10-11-18/h6-9,14,17H,2-5,10,12-13H2,1H3. The van der Waals surface area contributed by atoms with E-state index in [-0.39, 0.29) is 0 Å². The normalized spacial score (nSPS) is 22.2. The maximum absolute atomic E-state index is 8.61. The van der Waals surface area contributed by atoms with E-state index < -0.39 is 0 Å². The molecule has 2 atom stereocenters. The maximum atomic E-state index is 8.61. The predicted molar refractivity (Wildman–Crippen MR) is 78.6 cm³/mol. The van der Waals surface area contributed by atoms with Crippen LogP contribution in [0.4, 0.5) is 0 Å². The zero-order chi connectivity index (χ0) is 14.2. The largest absolute Gasteiger partial charge is 0.491 e. The van der Waals surface area contributed by atoms with Gasteiger partial charge in [0.05, 0.1) is 25.2 Å². The molecule has 1 fully saturated rings. The highest BCUT2D eigenvalue weighted by molar-refractivity contribution is 5.28. The molecule has 108 valence electrons. The van der Waals surface area contributed by atoms with E-state index in [1.807, 2.05) is 24.3 Å². The van der Waals surface area contributed by atoms with Crippen molar-refractivity contribution in [2.24, 2.45) is 5.92 Å². The fourth-order valence-corrected chi connectivity index (χ4v) is 2.68. The van der Waals surface area contributed by atoms with Gasteiger partial charge in [0, 0.05) is 0 Å². The number of hydrogen-bond donors (Lipinski definition) is 0. The molecule has 0 radical (unpaired) electrons. The van der Waals surface area contributed by atoms with Crippen LogP contribution in [0.15, 0.2) is 24.3 Å². The minimum absolute atomic E-state index is 0.408. The highest BCUT2D eigenvalue weighted by Crippen LogP contribution is 2.26. The quantitative estimate of drug-likeness (QED) is 0.742. The lowest BCUT2D eigenvalue weighted by molar-refractivity contribution is -0.0165. The van der Waals surface area contributed by atoms with E-state index in [1.165, 1.54) is 25.7 Å². The van der Waals surface area contributed by atoms with Gasteiger partial charge >= 0.3 is 0 Å². The molecule has 0 saturated heterocycles. The van der Waals surface area contributed by atoms with Crippen molar-refractivity contribution in [1.82, 2.24) is 0 Å². The summed E-state index contributed by atoms with van der Waals surface area (Å²) >= 11 is 0. The van der Waals surface area contributed by atoms with E-state index in [2.05, 4.69) is 13.0 Å². The lowest BCUT2D eigenvalue weighted by Gasteiger charge is -2.28. The smallest absolute Gasteiger partial charge is 0.119 e. The second kappa shape index (κ2) is 7.91. The average Bonchev–Trinajstić information content (AvgIpc) is 2.47. The fraction of sp³-hybridized carbons (Fsp3) is 0.588. The zero-order valence-corrected chi connectivity index (χ0v) is 12.2. The molecule has 2 rings (SSSR count). The third kappa shape index (κ3) is 4.54. The van der Waals surface area contributed by atoms with Gasteiger partial charge in [-0.1, -0.05) is 31.9 Å². The first-order valence-corrected chi connectivity index (χ1v) is 7.50. The minimum Gasteiger partial charge on any atom is -0.491 e. The topological polar surface area (TPSA) is 42.2 Å². The molecular weight excluding hydrogens is 250 g/mol. The third-order valence-corrected chi connectivity index (χ3v) is 3.92. The summed E-state index contributed by atoms with van der Waals surface area (Å²) in [5, 5.41) is 8.61. The molecule has 3 nitrogen and oxygen atoms in total. The Balaban J connectivity index is 1.66. The summed E-state index contributed by atoms with van der Waals surface area (Å²) in [6.07, 6.45) is 5.95.